The number of carbonyl (C=O) groups excluding carboxylic acids is 1. The first kappa shape index (κ1) is 18.9. The average molecular weight is 365 g/mol. The molecule has 0 saturated carbocycles. The van der Waals surface area contributed by atoms with Crippen LogP contribution in [0.5, 0.6) is 0 Å². The molecule has 6 heteroatoms. The second-order valence-corrected chi connectivity index (χ2v) is 6.66. The topological polar surface area (TPSA) is 96.4 Å². The third-order valence-electron chi connectivity index (χ3n) is 4.78. The van der Waals surface area contributed by atoms with Crippen molar-refractivity contribution in [1.29, 1.82) is 5.26 Å². The lowest BCUT2D eigenvalue weighted by Gasteiger charge is -2.14. The van der Waals surface area contributed by atoms with Crippen molar-refractivity contribution in [2.45, 2.75) is 25.5 Å². The van der Waals surface area contributed by atoms with Crippen molar-refractivity contribution in [3.8, 4) is 6.07 Å². The highest BCUT2D eigenvalue weighted by molar-refractivity contribution is 6.05. The van der Waals surface area contributed by atoms with Crippen LogP contribution in [0.4, 0.5) is 5.69 Å². The van der Waals surface area contributed by atoms with Crippen molar-refractivity contribution in [1.82, 2.24) is 5.32 Å². The summed E-state index contributed by atoms with van der Waals surface area (Å²) in [6, 6.07) is 14.4. The maximum atomic E-state index is 12.3. The Balaban J connectivity index is 1.97. The molecule has 6 nitrogen and oxygen atoms in total. The van der Waals surface area contributed by atoms with Crippen molar-refractivity contribution >= 4 is 28.4 Å². The van der Waals surface area contributed by atoms with E-state index in [-0.39, 0.29) is 12.1 Å². The molecule has 3 N–H and O–H groups in total. The van der Waals surface area contributed by atoms with E-state index in [2.05, 4.69) is 23.2 Å². The van der Waals surface area contributed by atoms with E-state index in [1.54, 1.807) is 6.08 Å². The first-order valence-corrected chi connectivity index (χ1v) is 9.06. The summed E-state index contributed by atoms with van der Waals surface area (Å²) in [6.07, 6.45) is 1.58. The molecule has 1 aliphatic heterocycles. The van der Waals surface area contributed by atoms with Crippen LogP contribution in [0, 0.1) is 11.3 Å². The monoisotopic (exact) mass is 365 g/mol. The first-order chi connectivity index (χ1) is 13.1. The summed E-state index contributed by atoms with van der Waals surface area (Å²) < 4.78 is 0. The fourth-order valence-electron chi connectivity index (χ4n) is 3.19. The molecule has 0 radical (unpaired) electrons. The average Bonchev–Trinajstić information content (AvgIpc) is 3.48. The predicted octanol–water partition coefficient (Wildman–Crippen LogP) is 1.81. The van der Waals surface area contributed by atoms with Crippen LogP contribution in [-0.2, 0) is 4.79 Å². The number of amides is 1. The number of rotatable bonds is 7. The summed E-state index contributed by atoms with van der Waals surface area (Å²) >= 11 is 0. The van der Waals surface area contributed by atoms with Crippen molar-refractivity contribution in [2.75, 3.05) is 24.6 Å². The van der Waals surface area contributed by atoms with E-state index in [0.717, 1.165) is 35.0 Å². The molecule has 0 spiro atoms. The molecule has 0 aliphatic carbocycles. The van der Waals surface area contributed by atoms with Crippen LogP contribution in [0.15, 0.2) is 42.0 Å². The van der Waals surface area contributed by atoms with Crippen molar-refractivity contribution < 1.29 is 15.0 Å². The van der Waals surface area contributed by atoms with Gasteiger partial charge in [-0.15, -0.1) is 0 Å². The van der Waals surface area contributed by atoms with Crippen LogP contribution in [0.3, 0.4) is 0 Å². The molecule has 1 aliphatic rings. The Morgan fingerprint density at radius 2 is 2.19 bits per heavy atom. The molecule has 2 aromatic rings. The fourth-order valence-corrected chi connectivity index (χ4v) is 3.19. The third-order valence-corrected chi connectivity index (χ3v) is 4.78. The number of fused-ring (bicyclic) bond motifs is 1. The van der Waals surface area contributed by atoms with E-state index < -0.39 is 18.6 Å². The minimum Gasteiger partial charge on any atom is -0.394 e. The highest BCUT2D eigenvalue weighted by Crippen LogP contribution is 2.39. The highest BCUT2D eigenvalue weighted by Gasteiger charge is 2.34. The fraction of sp³-hybridized carbons (Fsp3) is 0.333. The molecular formula is C21H23N3O3. The van der Waals surface area contributed by atoms with E-state index in [0.29, 0.717) is 6.04 Å². The van der Waals surface area contributed by atoms with Gasteiger partial charge in [-0.3, -0.25) is 4.79 Å². The summed E-state index contributed by atoms with van der Waals surface area (Å²) in [5, 5.41) is 32.3. The number of anilines is 1. The number of nitriles is 1. The zero-order valence-electron chi connectivity index (χ0n) is 15.2. The molecule has 1 heterocycles. The molecule has 1 amide bonds. The molecule has 2 unspecified atom stereocenters. The lowest BCUT2D eigenvalue weighted by molar-refractivity contribution is -0.117. The number of nitrogens with zero attached hydrogens (tertiary/aromatic N) is 2. The molecule has 2 atom stereocenters. The van der Waals surface area contributed by atoms with Gasteiger partial charge in [0.05, 0.1) is 18.4 Å². The quantitative estimate of drug-likeness (QED) is 0.395. The molecule has 3 rings (SSSR count). The Hall–Kier alpha value is -2.88. The van der Waals surface area contributed by atoms with Crippen LogP contribution in [0.25, 0.3) is 16.8 Å². The summed E-state index contributed by atoms with van der Waals surface area (Å²) in [5.74, 6) is -0.568. The Labute approximate surface area is 158 Å². The predicted molar refractivity (Wildman–Crippen MR) is 105 cm³/mol. The Morgan fingerprint density at radius 3 is 2.85 bits per heavy atom. The molecule has 0 aromatic heterocycles. The third kappa shape index (κ3) is 4.11. The number of aliphatic hydroxyl groups excluding tert-OH is 2. The van der Waals surface area contributed by atoms with Gasteiger partial charge < -0.3 is 20.4 Å². The lowest BCUT2D eigenvalue weighted by Crippen LogP contribution is -2.34. The number of hydrogen-bond acceptors (Lipinski definition) is 5. The van der Waals surface area contributed by atoms with Crippen molar-refractivity contribution in [3.63, 3.8) is 0 Å². The van der Waals surface area contributed by atoms with Gasteiger partial charge in [-0.05, 0) is 23.4 Å². The maximum absolute atomic E-state index is 12.3. The second kappa shape index (κ2) is 8.21. The number of carbonyl (C=O) groups is 1. The molecule has 2 aromatic carbocycles. The maximum Gasteiger partial charge on any atom is 0.262 e. The van der Waals surface area contributed by atoms with Gasteiger partial charge >= 0.3 is 0 Å². The lowest BCUT2D eigenvalue weighted by atomic mass is 10.0. The van der Waals surface area contributed by atoms with E-state index in [4.69, 9.17) is 5.11 Å². The summed E-state index contributed by atoms with van der Waals surface area (Å²) in [5.41, 5.74) is 1.82. The number of aliphatic hydroxyl groups is 2. The molecule has 27 heavy (non-hydrogen) atoms. The minimum absolute atomic E-state index is 0.0356. The molecule has 1 saturated heterocycles. The number of hydrogen-bond donors (Lipinski definition) is 3. The smallest absolute Gasteiger partial charge is 0.262 e. The Kier molecular flexibility index (Phi) is 5.75. The molecule has 1 fully saturated rings. The van der Waals surface area contributed by atoms with E-state index in [1.165, 1.54) is 0 Å². The van der Waals surface area contributed by atoms with E-state index in [1.807, 2.05) is 36.4 Å². The summed E-state index contributed by atoms with van der Waals surface area (Å²) in [4.78, 5) is 14.6. The van der Waals surface area contributed by atoms with Gasteiger partial charge in [0, 0.05) is 24.5 Å². The standard InChI is InChI=1S/C21H23N3O3/c1-2-17-12-24(17)20-15(8-7-14-5-3-4-6-19(14)20)9-16(10-22)21(27)23-11-18(26)13-25/h3-9,17-18,25-26H,2,11-13H2,1H3,(H,23,27)/b16-9+. The number of nitrogens with one attached hydrogen (secondary N) is 1. The number of benzene rings is 2. The van der Waals surface area contributed by atoms with Crippen molar-refractivity contribution in [3.05, 3.63) is 47.5 Å². The van der Waals surface area contributed by atoms with Gasteiger partial charge in [-0.2, -0.15) is 5.26 Å². The zero-order chi connectivity index (χ0) is 19.4. The van der Waals surface area contributed by atoms with Crippen molar-refractivity contribution in [2.24, 2.45) is 0 Å². The van der Waals surface area contributed by atoms with Gasteiger partial charge in [-0.25, -0.2) is 0 Å². The molecule has 140 valence electrons. The van der Waals surface area contributed by atoms with E-state index in [9.17, 15) is 15.2 Å². The first-order valence-electron chi connectivity index (χ1n) is 9.06. The normalized spacial score (nSPS) is 17.5. The van der Waals surface area contributed by atoms with Crippen LogP contribution in [-0.4, -0.2) is 48.0 Å². The summed E-state index contributed by atoms with van der Waals surface area (Å²) in [7, 11) is 0. The summed E-state index contributed by atoms with van der Waals surface area (Å²) in [6.45, 7) is 2.55. The van der Waals surface area contributed by atoms with Gasteiger partial charge in [0.1, 0.15) is 11.6 Å². The SMILES string of the molecule is CCC1CN1c1c(/C=C(\C#N)C(=O)NCC(O)CO)ccc2ccccc12. The largest absolute Gasteiger partial charge is 0.394 e. The van der Waals surface area contributed by atoms with Gasteiger partial charge in [0.25, 0.3) is 5.91 Å². The molecule has 0 bridgehead atoms. The Morgan fingerprint density at radius 1 is 1.41 bits per heavy atom. The molecular weight excluding hydrogens is 342 g/mol. The van der Waals surface area contributed by atoms with E-state index >= 15 is 0 Å². The van der Waals surface area contributed by atoms with Crippen LogP contribution in [0.2, 0.25) is 0 Å². The highest BCUT2D eigenvalue weighted by atomic mass is 16.3. The van der Waals surface area contributed by atoms with Gasteiger partial charge in [0.2, 0.25) is 0 Å². The Bertz CT molecular complexity index is 917. The van der Waals surface area contributed by atoms with Gasteiger partial charge in [-0.1, -0.05) is 43.3 Å². The van der Waals surface area contributed by atoms with Crippen LogP contribution >= 0.6 is 0 Å². The second-order valence-electron chi connectivity index (χ2n) is 6.66. The van der Waals surface area contributed by atoms with Crippen LogP contribution in [0.1, 0.15) is 18.9 Å². The van der Waals surface area contributed by atoms with Gasteiger partial charge in [0.15, 0.2) is 0 Å². The van der Waals surface area contributed by atoms with Crippen LogP contribution < -0.4 is 10.2 Å². The zero-order valence-corrected chi connectivity index (χ0v) is 15.2. The minimum atomic E-state index is -1.05.